The van der Waals surface area contributed by atoms with E-state index < -0.39 is 0 Å². The van der Waals surface area contributed by atoms with Crippen LogP contribution in [-0.2, 0) is 4.79 Å². The van der Waals surface area contributed by atoms with E-state index in [1.165, 1.54) is 0 Å². The molecule has 1 atom stereocenters. The summed E-state index contributed by atoms with van der Waals surface area (Å²) >= 11 is 0. The molecule has 2 N–H and O–H groups in total. The second-order valence-electron chi connectivity index (χ2n) is 5.43. The van der Waals surface area contributed by atoms with Gasteiger partial charge >= 0.3 is 0 Å². The maximum atomic E-state index is 12.2. The summed E-state index contributed by atoms with van der Waals surface area (Å²) in [7, 11) is 4.13. The number of carbonyl (C=O) groups is 1. The first-order chi connectivity index (χ1) is 9.04. The first-order valence-corrected chi connectivity index (χ1v) is 7.07. The van der Waals surface area contributed by atoms with Crippen LogP contribution in [0.1, 0.15) is 12.8 Å². The molecule has 0 saturated carbocycles. The maximum Gasteiger partial charge on any atom is 0.239 e. The van der Waals surface area contributed by atoms with Crippen molar-refractivity contribution in [2.24, 2.45) is 5.73 Å². The largest absolute Gasteiger partial charge is 0.339 e. The number of amides is 1. The highest BCUT2D eigenvalue weighted by Crippen LogP contribution is 2.05. The Bertz CT molecular complexity index is 287. The van der Waals surface area contributed by atoms with Gasteiger partial charge in [0.1, 0.15) is 0 Å². The quantitative estimate of drug-likeness (QED) is 0.660. The Morgan fingerprint density at radius 2 is 2.05 bits per heavy atom. The fraction of sp³-hybridized carbons (Fsp3) is 0.786. The summed E-state index contributed by atoms with van der Waals surface area (Å²) in [6, 6.07) is -0.347. The monoisotopic (exact) mass is 268 g/mol. The third-order valence-electron chi connectivity index (χ3n) is 3.63. The zero-order valence-corrected chi connectivity index (χ0v) is 12.3. The van der Waals surface area contributed by atoms with Gasteiger partial charge in [-0.05, 0) is 33.5 Å². The molecule has 1 heterocycles. The fourth-order valence-corrected chi connectivity index (χ4v) is 2.28. The molecule has 0 aliphatic carbocycles. The molecule has 1 amide bonds. The lowest BCUT2D eigenvalue weighted by Crippen LogP contribution is -2.52. The highest BCUT2D eigenvalue weighted by atomic mass is 16.2. The predicted molar refractivity (Wildman–Crippen MR) is 79.0 cm³/mol. The van der Waals surface area contributed by atoms with Gasteiger partial charge in [-0.2, -0.15) is 0 Å². The van der Waals surface area contributed by atoms with Gasteiger partial charge in [0.2, 0.25) is 5.91 Å². The van der Waals surface area contributed by atoms with Crippen molar-refractivity contribution in [3.05, 3.63) is 12.7 Å². The van der Waals surface area contributed by atoms with Crippen LogP contribution in [0.25, 0.3) is 0 Å². The number of nitrogens with two attached hydrogens (primary N) is 1. The number of nitrogens with zero attached hydrogens (tertiary/aromatic N) is 3. The molecule has 1 saturated heterocycles. The third kappa shape index (κ3) is 5.72. The predicted octanol–water partition coefficient (Wildman–Crippen LogP) is -0.0143. The number of piperazine rings is 1. The zero-order chi connectivity index (χ0) is 14.3. The van der Waals surface area contributed by atoms with Gasteiger partial charge in [0.05, 0.1) is 6.04 Å². The van der Waals surface area contributed by atoms with Crippen molar-refractivity contribution in [2.75, 3.05) is 53.4 Å². The normalized spacial score (nSPS) is 18.6. The van der Waals surface area contributed by atoms with Crippen molar-refractivity contribution in [2.45, 2.75) is 18.9 Å². The van der Waals surface area contributed by atoms with E-state index in [1.807, 2.05) is 11.0 Å². The summed E-state index contributed by atoms with van der Waals surface area (Å²) in [5, 5.41) is 0. The van der Waals surface area contributed by atoms with Crippen LogP contribution in [0.3, 0.4) is 0 Å². The van der Waals surface area contributed by atoms with Gasteiger partial charge in [-0.1, -0.05) is 6.08 Å². The van der Waals surface area contributed by atoms with Gasteiger partial charge in [0.25, 0.3) is 0 Å². The lowest BCUT2D eigenvalue weighted by Gasteiger charge is -2.34. The molecular weight excluding hydrogens is 240 g/mol. The SMILES string of the molecule is C=CCN(C)CCC[C@H](N)C(=O)N1CCN(C)CC1. The van der Waals surface area contributed by atoms with E-state index in [0.717, 1.165) is 52.1 Å². The van der Waals surface area contributed by atoms with Gasteiger partial charge < -0.3 is 20.4 Å². The molecule has 1 fully saturated rings. The van der Waals surface area contributed by atoms with Crippen molar-refractivity contribution >= 4 is 5.91 Å². The minimum Gasteiger partial charge on any atom is -0.339 e. The Hall–Kier alpha value is -0.910. The van der Waals surface area contributed by atoms with E-state index in [1.54, 1.807) is 0 Å². The number of hydrogen-bond donors (Lipinski definition) is 1. The lowest BCUT2D eigenvalue weighted by molar-refractivity contribution is -0.134. The Balaban J connectivity index is 2.23. The van der Waals surface area contributed by atoms with Crippen molar-refractivity contribution in [3.8, 4) is 0 Å². The maximum absolute atomic E-state index is 12.2. The molecule has 0 spiro atoms. The minimum atomic E-state index is -0.347. The van der Waals surface area contributed by atoms with Gasteiger partial charge in [0.15, 0.2) is 0 Å². The Labute approximate surface area is 117 Å². The molecular formula is C14H28N4O. The van der Waals surface area contributed by atoms with Crippen LogP contribution in [0.15, 0.2) is 12.7 Å². The van der Waals surface area contributed by atoms with Gasteiger partial charge in [-0.15, -0.1) is 6.58 Å². The molecule has 1 aliphatic rings. The Kier molecular flexibility index (Phi) is 7.05. The molecule has 0 radical (unpaired) electrons. The number of rotatable bonds is 7. The first-order valence-electron chi connectivity index (χ1n) is 7.07. The highest BCUT2D eigenvalue weighted by molar-refractivity contribution is 5.81. The highest BCUT2D eigenvalue weighted by Gasteiger charge is 2.23. The molecule has 1 rings (SSSR count). The van der Waals surface area contributed by atoms with Crippen LogP contribution in [0.2, 0.25) is 0 Å². The standard InChI is InChI=1S/C14H28N4O/c1-4-7-16(2)8-5-6-13(15)14(19)18-11-9-17(3)10-12-18/h4,13H,1,5-12,15H2,2-3H3/t13-/m0/s1. The van der Waals surface area contributed by atoms with Crippen molar-refractivity contribution in [1.82, 2.24) is 14.7 Å². The van der Waals surface area contributed by atoms with Crippen LogP contribution in [0.5, 0.6) is 0 Å². The molecule has 0 aromatic carbocycles. The molecule has 1 aliphatic heterocycles. The first kappa shape index (κ1) is 16.1. The van der Waals surface area contributed by atoms with Gasteiger partial charge in [0, 0.05) is 32.7 Å². The van der Waals surface area contributed by atoms with Crippen molar-refractivity contribution in [1.29, 1.82) is 0 Å². The van der Waals surface area contributed by atoms with Crippen LogP contribution in [-0.4, -0.2) is 80.0 Å². The second-order valence-corrected chi connectivity index (χ2v) is 5.43. The van der Waals surface area contributed by atoms with E-state index in [9.17, 15) is 4.79 Å². The van der Waals surface area contributed by atoms with E-state index in [2.05, 4.69) is 30.5 Å². The molecule has 0 bridgehead atoms. The summed E-state index contributed by atoms with van der Waals surface area (Å²) in [5.74, 6) is 0.111. The van der Waals surface area contributed by atoms with E-state index in [0.29, 0.717) is 0 Å². The molecule has 0 unspecified atom stereocenters. The second kappa shape index (κ2) is 8.30. The van der Waals surface area contributed by atoms with Crippen LogP contribution in [0.4, 0.5) is 0 Å². The zero-order valence-electron chi connectivity index (χ0n) is 12.3. The average molecular weight is 268 g/mol. The molecule has 110 valence electrons. The molecule has 0 aromatic heterocycles. The van der Waals surface area contributed by atoms with Gasteiger partial charge in [-0.3, -0.25) is 4.79 Å². The van der Waals surface area contributed by atoms with Crippen LogP contribution in [0, 0.1) is 0 Å². The summed E-state index contributed by atoms with van der Waals surface area (Å²) < 4.78 is 0. The fourth-order valence-electron chi connectivity index (χ4n) is 2.28. The Morgan fingerprint density at radius 1 is 1.42 bits per heavy atom. The molecule has 5 heteroatoms. The van der Waals surface area contributed by atoms with E-state index >= 15 is 0 Å². The molecule has 5 nitrogen and oxygen atoms in total. The summed E-state index contributed by atoms with van der Waals surface area (Å²) in [6.45, 7) is 9.04. The third-order valence-corrected chi connectivity index (χ3v) is 3.63. The average Bonchev–Trinajstić information content (AvgIpc) is 2.39. The Morgan fingerprint density at radius 3 is 2.63 bits per heavy atom. The summed E-state index contributed by atoms with van der Waals surface area (Å²) in [4.78, 5) is 18.5. The van der Waals surface area contributed by atoms with Crippen LogP contribution < -0.4 is 5.73 Å². The number of likely N-dealkylation sites (N-methyl/N-ethyl adjacent to an activating group) is 2. The smallest absolute Gasteiger partial charge is 0.239 e. The molecule has 19 heavy (non-hydrogen) atoms. The van der Waals surface area contributed by atoms with Crippen LogP contribution >= 0.6 is 0 Å². The van der Waals surface area contributed by atoms with Crippen molar-refractivity contribution < 1.29 is 4.79 Å². The molecule has 0 aromatic rings. The van der Waals surface area contributed by atoms with Crippen molar-refractivity contribution in [3.63, 3.8) is 0 Å². The topological polar surface area (TPSA) is 52.8 Å². The summed E-state index contributed by atoms with van der Waals surface area (Å²) in [6.07, 6.45) is 3.59. The minimum absolute atomic E-state index is 0.111. The lowest BCUT2D eigenvalue weighted by atomic mass is 10.1. The number of carbonyl (C=O) groups excluding carboxylic acids is 1. The van der Waals surface area contributed by atoms with E-state index in [-0.39, 0.29) is 11.9 Å². The van der Waals surface area contributed by atoms with E-state index in [4.69, 9.17) is 5.73 Å². The summed E-state index contributed by atoms with van der Waals surface area (Å²) in [5.41, 5.74) is 6.00. The van der Waals surface area contributed by atoms with Gasteiger partial charge in [-0.25, -0.2) is 0 Å². The number of hydrogen-bond acceptors (Lipinski definition) is 4.